The van der Waals surface area contributed by atoms with Crippen molar-refractivity contribution >= 4 is 67.8 Å². The number of hydrogen-bond acceptors (Lipinski definition) is 6. The minimum Gasteiger partial charge on any atom is -0.325 e. The highest BCUT2D eigenvalue weighted by Crippen LogP contribution is 2.29. The van der Waals surface area contributed by atoms with E-state index < -0.39 is 0 Å². The average Bonchev–Trinajstić information content (AvgIpc) is 3.37. The van der Waals surface area contributed by atoms with E-state index in [0.717, 1.165) is 14.6 Å². The molecule has 140 valence electrons. The molecule has 0 fully saturated rings. The first-order chi connectivity index (χ1) is 13.7. The van der Waals surface area contributed by atoms with Crippen LogP contribution >= 0.6 is 34.4 Å². The predicted molar refractivity (Wildman–Crippen MR) is 118 cm³/mol. The number of nitrogens with zero attached hydrogens (tertiary/aromatic N) is 1. The Kier molecular flexibility index (Phi) is 5.70. The summed E-state index contributed by atoms with van der Waals surface area (Å²) in [5.74, 6) is 0.0510. The first-order valence-corrected chi connectivity index (χ1v) is 11.1. The first kappa shape index (κ1) is 18.7. The van der Waals surface area contributed by atoms with Crippen LogP contribution in [-0.2, 0) is 4.79 Å². The molecule has 2 aromatic carbocycles. The van der Waals surface area contributed by atoms with E-state index in [4.69, 9.17) is 0 Å². The Morgan fingerprint density at radius 2 is 1.68 bits per heavy atom. The van der Waals surface area contributed by atoms with Crippen LogP contribution in [-0.4, -0.2) is 22.6 Å². The molecule has 0 atom stereocenters. The fourth-order valence-electron chi connectivity index (χ4n) is 2.47. The van der Waals surface area contributed by atoms with Crippen molar-refractivity contribution in [2.45, 2.75) is 4.34 Å². The Hall–Kier alpha value is -2.68. The van der Waals surface area contributed by atoms with E-state index in [-0.39, 0.29) is 17.6 Å². The van der Waals surface area contributed by atoms with Gasteiger partial charge < -0.3 is 10.6 Å². The van der Waals surface area contributed by atoms with Gasteiger partial charge in [-0.1, -0.05) is 30.0 Å². The summed E-state index contributed by atoms with van der Waals surface area (Å²) >= 11 is 4.40. The number of benzene rings is 2. The lowest BCUT2D eigenvalue weighted by atomic mass is 10.2. The number of fused-ring (bicyclic) bond motifs is 1. The lowest BCUT2D eigenvalue weighted by molar-refractivity contribution is -0.113. The summed E-state index contributed by atoms with van der Waals surface area (Å²) in [5, 5.41) is 7.55. The molecule has 4 aromatic rings. The summed E-state index contributed by atoms with van der Waals surface area (Å²) < 4.78 is 1.99. The fraction of sp³-hybridized carbons (Fsp3) is 0.0500. The van der Waals surface area contributed by atoms with Crippen LogP contribution in [0.25, 0.3) is 10.2 Å². The number of aromatic nitrogens is 1. The van der Waals surface area contributed by atoms with Crippen LogP contribution in [0, 0.1) is 0 Å². The van der Waals surface area contributed by atoms with Crippen molar-refractivity contribution in [2.24, 2.45) is 0 Å². The van der Waals surface area contributed by atoms with Crippen molar-refractivity contribution in [3.63, 3.8) is 0 Å². The molecule has 0 saturated heterocycles. The highest BCUT2D eigenvalue weighted by Gasteiger charge is 2.09. The van der Waals surface area contributed by atoms with Gasteiger partial charge in [-0.2, -0.15) is 0 Å². The van der Waals surface area contributed by atoms with Gasteiger partial charge in [0, 0.05) is 11.4 Å². The SMILES string of the molecule is O=C(CSc1nc2ccccc2s1)Nc1ccc(NC(=O)c2cccs2)cc1. The number of nitrogens with one attached hydrogen (secondary N) is 2. The number of para-hydroxylation sites is 1. The van der Waals surface area contributed by atoms with Gasteiger partial charge in [-0.25, -0.2) is 4.98 Å². The second kappa shape index (κ2) is 8.55. The number of amides is 2. The molecule has 4 rings (SSSR count). The maximum absolute atomic E-state index is 12.2. The van der Waals surface area contributed by atoms with Gasteiger partial charge in [0.2, 0.25) is 5.91 Å². The van der Waals surface area contributed by atoms with Gasteiger partial charge in [0.1, 0.15) is 0 Å². The number of thioether (sulfide) groups is 1. The molecule has 0 aliphatic rings. The third-order valence-corrected chi connectivity index (χ3v) is 6.82. The molecule has 2 aromatic heterocycles. The van der Waals surface area contributed by atoms with Gasteiger partial charge in [-0.05, 0) is 47.8 Å². The zero-order chi connectivity index (χ0) is 19.3. The lowest BCUT2D eigenvalue weighted by Crippen LogP contribution is -2.14. The molecule has 0 unspecified atom stereocenters. The largest absolute Gasteiger partial charge is 0.325 e. The Morgan fingerprint density at radius 1 is 0.929 bits per heavy atom. The third kappa shape index (κ3) is 4.59. The zero-order valence-corrected chi connectivity index (χ0v) is 17.0. The van der Waals surface area contributed by atoms with Crippen LogP contribution in [0.2, 0.25) is 0 Å². The minimum absolute atomic E-state index is 0.0976. The molecule has 2 amide bonds. The Balaban J connectivity index is 1.30. The zero-order valence-electron chi connectivity index (χ0n) is 14.5. The van der Waals surface area contributed by atoms with Gasteiger partial charge in [-0.15, -0.1) is 22.7 Å². The monoisotopic (exact) mass is 425 g/mol. The van der Waals surface area contributed by atoms with Gasteiger partial charge in [0.15, 0.2) is 4.34 Å². The molecule has 0 aliphatic carbocycles. The van der Waals surface area contributed by atoms with E-state index in [2.05, 4.69) is 15.6 Å². The Bertz CT molecular complexity index is 1070. The summed E-state index contributed by atoms with van der Waals surface area (Å²) in [7, 11) is 0. The molecular formula is C20H15N3O2S3. The Morgan fingerprint density at radius 3 is 2.39 bits per heavy atom. The number of thiazole rings is 1. The van der Waals surface area contributed by atoms with E-state index in [0.29, 0.717) is 16.3 Å². The molecule has 2 N–H and O–H groups in total. The van der Waals surface area contributed by atoms with Crippen molar-refractivity contribution in [3.8, 4) is 0 Å². The van der Waals surface area contributed by atoms with E-state index in [1.54, 1.807) is 41.7 Å². The number of carbonyl (C=O) groups is 2. The number of rotatable bonds is 6. The van der Waals surface area contributed by atoms with E-state index in [1.165, 1.54) is 23.1 Å². The third-order valence-electron chi connectivity index (χ3n) is 3.77. The summed E-state index contributed by atoms with van der Waals surface area (Å²) in [4.78, 5) is 29.4. The number of carbonyl (C=O) groups excluding carboxylic acids is 2. The Labute approximate surface area is 173 Å². The summed E-state index contributed by atoms with van der Waals surface area (Å²) in [6, 6.07) is 18.6. The lowest BCUT2D eigenvalue weighted by Gasteiger charge is -2.07. The van der Waals surface area contributed by atoms with E-state index in [9.17, 15) is 9.59 Å². The van der Waals surface area contributed by atoms with Crippen molar-refractivity contribution < 1.29 is 9.59 Å². The van der Waals surface area contributed by atoms with E-state index >= 15 is 0 Å². The molecule has 0 saturated carbocycles. The molecular weight excluding hydrogens is 410 g/mol. The second-order valence-corrected chi connectivity index (χ2v) is 8.99. The molecule has 0 radical (unpaired) electrons. The topological polar surface area (TPSA) is 71.1 Å². The van der Waals surface area contributed by atoms with Crippen molar-refractivity contribution in [2.75, 3.05) is 16.4 Å². The molecule has 0 aliphatic heterocycles. The molecule has 8 heteroatoms. The van der Waals surface area contributed by atoms with Crippen LogP contribution in [0.4, 0.5) is 11.4 Å². The smallest absolute Gasteiger partial charge is 0.265 e. The van der Waals surface area contributed by atoms with Crippen LogP contribution < -0.4 is 10.6 Å². The summed E-state index contributed by atoms with van der Waals surface area (Å²) in [6.45, 7) is 0. The van der Waals surface area contributed by atoms with Gasteiger partial charge >= 0.3 is 0 Å². The predicted octanol–water partition coefficient (Wildman–Crippen LogP) is 5.34. The highest BCUT2D eigenvalue weighted by atomic mass is 32.2. The average molecular weight is 426 g/mol. The maximum atomic E-state index is 12.2. The van der Waals surface area contributed by atoms with E-state index in [1.807, 2.05) is 35.7 Å². The van der Waals surface area contributed by atoms with Gasteiger partial charge in [0.25, 0.3) is 5.91 Å². The number of anilines is 2. The van der Waals surface area contributed by atoms with Crippen molar-refractivity contribution in [1.29, 1.82) is 0 Å². The fourth-order valence-corrected chi connectivity index (χ4v) is 4.96. The highest BCUT2D eigenvalue weighted by molar-refractivity contribution is 8.01. The van der Waals surface area contributed by atoms with Crippen LogP contribution in [0.3, 0.4) is 0 Å². The van der Waals surface area contributed by atoms with Crippen molar-refractivity contribution in [3.05, 3.63) is 70.9 Å². The van der Waals surface area contributed by atoms with Crippen molar-refractivity contribution in [1.82, 2.24) is 4.98 Å². The first-order valence-electron chi connectivity index (χ1n) is 8.40. The molecule has 2 heterocycles. The quantitative estimate of drug-likeness (QED) is 0.409. The minimum atomic E-state index is -0.140. The number of thiophene rings is 1. The summed E-state index contributed by atoms with van der Waals surface area (Å²) in [6.07, 6.45) is 0. The standard InChI is InChI=1S/C20H15N3O2S3/c24-18(12-27-20-23-15-4-1-2-5-16(15)28-20)21-13-7-9-14(10-8-13)22-19(25)17-6-3-11-26-17/h1-11H,12H2,(H,21,24)(H,22,25). The second-order valence-electron chi connectivity index (χ2n) is 5.79. The molecule has 0 spiro atoms. The molecule has 5 nitrogen and oxygen atoms in total. The van der Waals surface area contributed by atoms with Crippen LogP contribution in [0.5, 0.6) is 0 Å². The van der Waals surface area contributed by atoms with Gasteiger partial charge in [0.05, 0.1) is 20.8 Å². The van der Waals surface area contributed by atoms with Gasteiger partial charge in [-0.3, -0.25) is 9.59 Å². The van der Waals surface area contributed by atoms with Crippen LogP contribution in [0.15, 0.2) is 70.4 Å². The normalized spacial score (nSPS) is 10.7. The van der Waals surface area contributed by atoms with Crippen LogP contribution in [0.1, 0.15) is 9.67 Å². The molecule has 0 bridgehead atoms. The summed E-state index contributed by atoms with van der Waals surface area (Å²) in [5.41, 5.74) is 2.32. The maximum Gasteiger partial charge on any atom is 0.265 e. The molecule has 28 heavy (non-hydrogen) atoms. The number of hydrogen-bond donors (Lipinski definition) is 2.